The summed E-state index contributed by atoms with van der Waals surface area (Å²) in [7, 11) is -2.83. The number of hydrogen-bond donors (Lipinski definition) is 0. The Kier molecular flexibility index (Phi) is 5.68. The Balaban J connectivity index is 1.41. The van der Waals surface area contributed by atoms with E-state index in [9.17, 15) is 8.42 Å². The zero-order chi connectivity index (χ0) is 19.9. The van der Waals surface area contributed by atoms with Crippen LogP contribution < -0.4 is 0 Å². The van der Waals surface area contributed by atoms with Gasteiger partial charge in [-0.1, -0.05) is 17.7 Å². The Morgan fingerprint density at radius 2 is 1.93 bits per heavy atom. The van der Waals surface area contributed by atoms with Crippen molar-refractivity contribution >= 4 is 33.7 Å². The second-order valence-electron chi connectivity index (χ2n) is 7.66. The molecule has 152 valence electrons. The third-order valence-electron chi connectivity index (χ3n) is 5.83. The van der Waals surface area contributed by atoms with Crippen LogP contribution >= 0.6 is 23.8 Å². The molecule has 1 unspecified atom stereocenters. The highest BCUT2D eigenvalue weighted by molar-refractivity contribution is 7.91. The number of sulfone groups is 1. The Morgan fingerprint density at radius 3 is 2.61 bits per heavy atom. The van der Waals surface area contributed by atoms with Crippen LogP contribution in [-0.2, 0) is 16.5 Å². The molecule has 0 spiro atoms. The third-order valence-corrected chi connectivity index (χ3v) is 8.42. The number of piperazine rings is 1. The van der Waals surface area contributed by atoms with E-state index in [2.05, 4.69) is 14.4 Å². The van der Waals surface area contributed by atoms with E-state index in [1.165, 1.54) is 0 Å². The van der Waals surface area contributed by atoms with Crippen LogP contribution in [0.25, 0.3) is 5.69 Å². The molecule has 2 fully saturated rings. The highest BCUT2D eigenvalue weighted by atomic mass is 35.5. The summed E-state index contributed by atoms with van der Waals surface area (Å²) in [5.41, 5.74) is 2.02. The maximum absolute atomic E-state index is 11.7. The van der Waals surface area contributed by atoms with Gasteiger partial charge in [0.25, 0.3) is 0 Å². The van der Waals surface area contributed by atoms with Crippen molar-refractivity contribution in [2.75, 3.05) is 37.7 Å². The summed E-state index contributed by atoms with van der Waals surface area (Å²) in [6.45, 7) is 6.38. The van der Waals surface area contributed by atoms with Gasteiger partial charge in [0.2, 0.25) is 0 Å². The summed E-state index contributed by atoms with van der Waals surface area (Å²) in [6.07, 6.45) is 4.77. The highest BCUT2D eigenvalue weighted by Crippen LogP contribution is 2.23. The third kappa shape index (κ3) is 4.07. The van der Waals surface area contributed by atoms with Gasteiger partial charge in [0.1, 0.15) is 0 Å². The van der Waals surface area contributed by atoms with E-state index in [0.29, 0.717) is 11.5 Å². The normalized spacial score (nSPS) is 23.3. The quantitative estimate of drug-likeness (QED) is 0.684. The second-order valence-corrected chi connectivity index (χ2v) is 10.7. The lowest BCUT2D eigenvalue weighted by Crippen LogP contribution is -2.50. The van der Waals surface area contributed by atoms with E-state index in [4.69, 9.17) is 23.8 Å². The van der Waals surface area contributed by atoms with Gasteiger partial charge in [-0.3, -0.25) is 14.4 Å². The summed E-state index contributed by atoms with van der Waals surface area (Å²) in [5, 5.41) is 0.734. The van der Waals surface area contributed by atoms with Crippen LogP contribution in [0.4, 0.5) is 0 Å². The molecule has 0 bridgehead atoms. The SMILES string of the molecule is Cc1c(Cl)cccc1-n1ccn(CN2CCN(C3CCS(=O)(=O)C3)CC2)c1=S. The molecule has 28 heavy (non-hydrogen) atoms. The minimum Gasteiger partial charge on any atom is -0.310 e. The van der Waals surface area contributed by atoms with Crippen LogP contribution in [0.1, 0.15) is 12.0 Å². The monoisotopic (exact) mass is 440 g/mol. The molecule has 1 atom stereocenters. The fourth-order valence-corrected chi connectivity index (χ4v) is 6.32. The van der Waals surface area contributed by atoms with Crippen molar-refractivity contribution in [2.24, 2.45) is 0 Å². The number of hydrogen-bond acceptors (Lipinski definition) is 5. The smallest absolute Gasteiger partial charge is 0.185 e. The molecule has 6 nitrogen and oxygen atoms in total. The summed E-state index contributed by atoms with van der Waals surface area (Å²) in [5.74, 6) is 0.656. The maximum Gasteiger partial charge on any atom is 0.185 e. The molecular weight excluding hydrogens is 416 g/mol. The van der Waals surface area contributed by atoms with Gasteiger partial charge < -0.3 is 4.57 Å². The zero-order valence-corrected chi connectivity index (χ0v) is 18.3. The molecule has 3 heterocycles. The van der Waals surface area contributed by atoms with Crippen molar-refractivity contribution in [2.45, 2.75) is 26.1 Å². The lowest BCUT2D eigenvalue weighted by Gasteiger charge is -2.37. The van der Waals surface area contributed by atoms with Gasteiger partial charge in [-0.15, -0.1) is 0 Å². The Bertz CT molecular complexity index is 1020. The van der Waals surface area contributed by atoms with Crippen LogP contribution in [0.15, 0.2) is 30.6 Å². The first-order chi connectivity index (χ1) is 13.3. The first kappa shape index (κ1) is 20.1. The van der Waals surface area contributed by atoms with Crippen LogP contribution in [0, 0.1) is 11.7 Å². The molecule has 0 aliphatic carbocycles. The molecule has 9 heteroatoms. The van der Waals surface area contributed by atoms with E-state index in [1.54, 1.807) is 0 Å². The largest absolute Gasteiger partial charge is 0.310 e. The first-order valence-corrected chi connectivity index (χ1v) is 12.1. The van der Waals surface area contributed by atoms with E-state index >= 15 is 0 Å². The Morgan fingerprint density at radius 1 is 1.18 bits per heavy atom. The summed E-state index contributed by atoms with van der Waals surface area (Å²) >= 11 is 12.0. The van der Waals surface area contributed by atoms with Gasteiger partial charge in [0.15, 0.2) is 14.6 Å². The number of benzene rings is 1. The Labute approximate surface area is 176 Å². The lowest BCUT2D eigenvalue weighted by molar-refractivity contribution is 0.0843. The predicted octanol–water partition coefficient (Wildman–Crippen LogP) is 2.73. The van der Waals surface area contributed by atoms with E-state index in [1.807, 2.05) is 42.1 Å². The number of aromatic nitrogens is 2. The van der Waals surface area contributed by atoms with E-state index in [0.717, 1.165) is 60.3 Å². The van der Waals surface area contributed by atoms with Crippen LogP contribution in [0.3, 0.4) is 0 Å². The Hall–Kier alpha value is -1.19. The standard InChI is InChI=1S/C19H25ClN4O2S2/c1-15-17(20)3-2-4-18(15)24-11-10-23(19(24)27)14-21-6-8-22(9-7-21)16-5-12-28(25,26)13-16/h2-4,10-11,16H,5-9,12-14H2,1H3. The predicted molar refractivity (Wildman–Crippen MR) is 115 cm³/mol. The second kappa shape index (κ2) is 7.91. The summed E-state index contributed by atoms with van der Waals surface area (Å²) in [4.78, 5) is 4.70. The molecule has 1 aromatic heterocycles. The summed E-state index contributed by atoms with van der Waals surface area (Å²) < 4.78 is 28.3. The van der Waals surface area contributed by atoms with Gasteiger partial charge in [0.05, 0.1) is 23.9 Å². The minimum absolute atomic E-state index is 0.196. The molecule has 2 aromatic rings. The van der Waals surface area contributed by atoms with Crippen molar-refractivity contribution in [3.8, 4) is 5.69 Å². The lowest BCUT2D eigenvalue weighted by atomic mass is 10.2. The van der Waals surface area contributed by atoms with E-state index < -0.39 is 9.84 Å². The average Bonchev–Trinajstić information content (AvgIpc) is 3.21. The number of halogens is 1. The number of imidazole rings is 1. The van der Waals surface area contributed by atoms with Crippen LogP contribution in [0.5, 0.6) is 0 Å². The van der Waals surface area contributed by atoms with Gasteiger partial charge in [-0.25, -0.2) is 8.42 Å². The van der Waals surface area contributed by atoms with Crippen LogP contribution in [-0.4, -0.2) is 71.1 Å². The molecule has 0 saturated carbocycles. The minimum atomic E-state index is -2.83. The molecular formula is C19H25ClN4O2S2. The van der Waals surface area contributed by atoms with Crippen molar-refractivity contribution < 1.29 is 8.42 Å². The summed E-state index contributed by atoms with van der Waals surface area (Å²) in [6, 6.07) is 6.04. The maximum atomic E-state index is 11.7. The fourth-order valence-electron chi connectivity index (χ4n) is 4.11. The van der Waals surface area contributed by atoms with Crippen molar-refractivity contribution in [3.63, 3.8) is 0 Å². The fraction of sp³-hybridized carbons (Fsp3) is 0.526. The van der Waals surface area contributed by atoms with Gasteiger partial charge in [0, 0.05) is 49.6 Å². The first-order valence-electron chi connectivity index (χ1n) is 9.54. The average molecular weight is 441 g/mol. The number of nitrogens with zero attached hydrogens (tertiary/aromatic N) is 4. The van der Waals surface area contributed by atoms with Crippen molar-refractivity contribution in [3.05, 3.63) is 45.9 Å². The van der Waals surface area contributed by atoms with Crippen molar-refractivity contribution in [1.82, 2.24) is 18.9 Å². The molecule has 2 aliphatic heterocycles. The van der Waals surface area contributed by atoms with Crippen LogP contribution in [0.2, 0.25) is 5.02 Å². The zero-order valence-electron chi connectivity index (χ0n) is 15.9. The molecule has 2 aliphatic rings. The van der Waals surface area contributed by atoms with Gasteiger partial charge in [-0.2, -0.15) is 0 Å². The van der Waals surface area contributed by atoms with Gasteiger partial charge >= 0.3 is 0 Å². The molecule has 1 aromatic carbocycles. The molecule has 0 amide bonds. The van der Waals surface area contributed by atoms with Crippen molar-refractivity contribution in [1.29, 1.82) is 0 Å². The molecule has 0 N–H and O–H groups in total. The highest BCUT2D eigenvalue weighted by Gasteiger charge is 2.33. The van der Waals surface area contributed by atoms with Gasteiger partial charge in [-0.05, 0) is 43.3 Å². The molecule has 2 saturated heterocycles. The number of rotatable bonds is 4. The molecule has 4 rings (SSSR count). The van der Waals surface area contributed by atoms with E-state index in [-0.39, 0.29) is 6.04 Å². The topological polar surface area (TPSA) is 50.5 Å². The molecule has 0 radical (unpaired) electrons.